The Morgan fingerprint density at radius 3 is 1.53 bits per heavy atom. The highest BCUT2D eigenvalue weighted by Gasteiger charge is 2.52. The maximum Gasteiger partial charge on any atom is 0.764 e. The van der Waals surface area contributed by atoms with Gasteiger partial charge >= 0.3 is 9.05 Å². The number of hydrogen-bond acceptors (Lipinski definition) is 7. The van der Waals surface area contributed by atoms with Crippen LogP contribution in [0.1, 0.15) is 20.8 Å². The van der Waals surface area contributed by atoms with Crippen LogP contribution in [0.2, 0.25) is 0 Å². The van der Waals surface area contributed by atoms with E-state index >= 15 is 0 Å². The van der Waals surface area contributed by atoms with Crippen molar-refractivity contribution in [2.24, 2.45) is 0 Å². The molecule has 0 amide bonds. The van der Waals surface area contributed by atoms with E-state index in [-0.39, 0.29) is 12.5 Å². The molecular formula is C8H19ClO7Si. The van der Waals surface area contributed by atoms with E-state index in [2.05, 4.69) is 0 Å². The van der Waals surface area contributed by atoms with Gasteiger partial charge in [-0.2, -0.15) is 13.7 Å². The van der Waals surface area contributed by atoms with Crippen LogP contribution in [-0.4, -0.2) is 41.4 Å². The smallest absolute Gasteiger partial charge is 0.346 e. The molecule has 0 aliphatic heterocycles. The standard InChI is InChI=1S/C8H19ClO7Si/c1-4-10-14-17(13-8-7-9,15-11-5-2)16-12-6-3/h4-8H2,1-3H3. The third-order valence-electron chi connectivity index (χ3n) is 1.19. The normalized spacial score (nSPS) is 12.0. The second kappa shape index (κ2) is 11.3. The molecule has 0 atom stereocenters. The Morgan fingerprint density at radius 2 is 1.24 bits per heavy atom. The van der Waals surface area contributed by atoms with Crippen molar-refractivity contribution in [2.45, 2.75) is 20.8 Å². The minimum Gasteiger partial charge on any atom is -0.346 e. The van der Waals surface area contributed by atoms with Crippen molar-refractivity contribution >= 4 is 20.6 Å². The Kier molecular flexibility index (Phi) is 11.5. The summed E-state index contributed by atoms with van der Waals surface area (Å²) < 4.78 is 20.1. The van der Waals surface area contributed by atoms with Gasteiger partial charge in [-0.25, -0.2) is 14.7 Å². The molecule has 0 aliphatic rings. The van der Waals surface area contributed by atoms with Gasteiger partial charge in [0.25, 0.3) is 0 Å². The number of halogens is 1. The summed E-state index contributed by atoms with van der Waals surface area (Å²) in [6.07, 6.45) is 0. The molecule has 17 heavy (non-hydrogen) atoms. The maximum atomic E-state index is 5.52. The number of alkyl halides is 1. The van der Waals surface area contributed by atoms with Gasteiger partial charge in [-0.05, 0) is 20.8 Å². The summed E-state index contributed by atoms with van der Waals surface area (Å²) in [6, 6.07) is 0. The summed E-state index contributed by atoms with van der Waals surface area (Å²) in [5.74, 6) is 0.245. The molecule has 0 fully saturated rings. The van der Waals surface area contributed by atoms with Crippen LogP contribution in [-0.2, 0) is 32.8 Å². The third-order valence-corrected chi connectivity index (χ3v) is 2.87. The topological polar surface area (TPSA) is 64.6 Å². The van der Waals surface area contributed by atoms with Gasteiger partial charge in [-0.1, -0.05) is 0 Å². The lowest BCUT2D eigenvalue weighted by molar-refractivity contribution is -0.385. The van der Waals surface area contributed by atoms with Crippen LogP contribution in [0.3, 0.4) is 0 Å². The van der Waals surface area contributed by atoms with Crippen LogP contribution in [0, 0.1) is 0 Å². The fraction of sp³-hybridized carbons (Fsp3) is 1.00. The van der Waals surface area contributed by atoms with Crippen molar-refractivity contribution in [1.82, 2.24) is 0 Å². The van der Waals surface area contributed by atoms with Gasteiger partial charge in [-0.15, -0.1) is 11.6 Å². The first-order chi connectivity index (χ1) is 8.24. The van der Waals surface area contributed by atoms with E-state index in [9.17, 15) is 0 Å². The minimum atomic E-state index is -3.63. The Hall–Kier alpha value is 0.227. The van der Waals surface area contributed by atoms with Crippen LogP contribution in [0.25, 0.3) is 0 Å². The molecule has 0 saturated heterocycles. The molecule has 0 spiro atoms. The lowest BCUT2D eigenvalue weighted by atomic mass is 10.9. The molecule has 9 heteroatoms. The van der Waals surface area contributed by atoms with Crippen molar-refractivity contribution in [3.63, 3.8) is 0 Å². The van der Waals surface area contributed by atoms with Crippen LogP contribution in [0.15, 0.2) is 0 Å². The molecule has 0 saturated carbocycles. The van der Waals surface area contributed by atoms with E-state index < -0.39 is 9.05 Å². The van der Waals surface area contributed by atoms with E-state index in [0.29, 0.717) is 19.8 Å². The van der Waals surface area contributed by atoms with Crippen LogP contribution in [0.5, 0.6) is 0 Å². The molecule has 0 N–H and O–H groups in total. The summed E-state index contributed by atoms with van der Waals surface area (Å²) >= 11 is 5.52. The van der Waals surface area contributed by atoms with Crippen molar-refractivity contribution in [1.29, 1.82) is 0 Å². The van der Waals surface area contributed by atoms with Crippen molar-refractivity contribution in [2.75, 3.05) is 32.3 Å². The summed E-state index contributed by atoms with van der Waals surface area (Å²) in [7, 11) is -3.63. The largest absolute Gasteiger partial charge is 0.764 e. The quantitative estimate of drug-likeness (QED) is 0.234. The molecule has 0 bridgehead atoms. The van der Waals surface area contributed by atoms with Gasteiger partial charge < -0.3 is 4.43 Å². The third kappa shape index (κ3) is 8.03. The van der Waals surface area contributed by atoms with E-state index in [1.807, 2.05) is 0 Å². The second-order valence-electron chi connectivity index (χ2n) is 2.51. The molecule has 0 aromatic carbocycles. The van der Waals surface area contributed by atoms with Gasteiger partial charge in [0.15, 0.2) is 0 Å². The molecular weight excluding hydrogens is 272 g/mol. The Bertz CT molecular complexity index is 136. The zero-order chi connectivity index (χ0) is 13.0. The molecule has 0 aromatic rings. The highest BCUT2D eigenvalue weighted by atomic mass is 35.5. The number of hydrogen-bond donors (Lipinski definition) is 0. The van der Waals surface area contributed by atoms with Gasteiger partial charge in [0.05, 0.1) is 26.4 Å². The monoisotopic (exact) mass is 290 g/mol. The van der Waals surface area contributed by atoms with Crippen LogP contribution < -0.4 is 0 Å². The fourth-order valence-corrected chi connectivity index (χ4v) is 2.24. The fourth-order valence-electron chi connectivity index (χ4n) is 0.671. The zero-order valence-electron chi connectivity index (χ0n) is 10.3. The first-order valence-corrected chi connectivity index (χ1v) is 7.53. The average molecular weight is 291 g/mol. The first kappa shape index (κ1) is 17.2. The van der Waals surface area contributed by atoms with Crippen molar-refractivity contribution in [3.8, 4) is 0 Å². The molecule has 104 valence electrons. The van der Waals surface area contributed by atoms with E-state index in [1.54, 1.807) is 20.8 Å². The SMILES string of the molecule is CCOO[Si](OCCCl)(OOCC)OOCC. The van der Waals surface area contributed by atoms with Crippen molar-refractivity contribution in [3.05, 3.63) is 0 Å². The summed E-state index contributed by atoms with van der Waals surface area (Å²) in [4.78, 5) is 14.3. The van der Waals surface area contributed by atoms with Gasteiger partial charge in [0.2, 0.25) is 0 Å². The Balaban J connectivity index is 4.39. The average Bonchev–Trinajstić information content (AvgIpc) is 2.37. The Morgan fingerprint density at radius 1 is 0.824 bits per heavy atom. The van der Waals surface area contributed by atoms with Crippen LogP contribution in [0.4, 0.5) is 0 Å². The number of rotatable bonds is 12. The molecule has 0 radical (unpaired) electrons. The second-order valence-corrected chi connectivity index (χ2v) is 4.67. The predicted molar refractivity (Wildman–Crippen MR) is 60.6 cm³/mol. The first-order valence-electron chi connectivity index (χ1n) is 5.36. The molecule has 0 aliphatic carbocycles. The van der Waals surface area contributed by atoms with Crippen LogP contribution >= 0.6 is 11.6 Å². The van der Waals surface area contributed by atoms with Gasteiger partial charge in [0, 0.05) is 5.88 Å². The van der Waals surface area contributed by atoms with E-state index in [4.69, 9.17) is 44.4 Å². The van der Waals surface area contributed by atoms with Gasteiger partial charge in [0.1, 0.15) is 0 Å². The lowest BCUT2D eigenvalue weighted by Gasteiger charge is -2.23. The molecule has 0 aromatic heterocycles. The van der Waals surface area contributed by atoms with Crippen molar-refractivity contribution < 1.29 is 32.8 Å². The summed E-state index contributed by atoms with van der Waals surface area (Å²) in [6.45, 7) is 6.26. The molecule has 0 unspecified atom stereocenters. The van der Waals surface area contributed by atoms with E-state index in [0.717, 1.165) is 0 Å². The minimum absolute atomic E-state index is 0.154. The Labute approximate surface area is 107 Å². The predicted octanol–water partition coefficient (Wildman–Crippen LogP) is 1.58. The van der Waals surface area contributed by atoms with Gasteiger partial charge in [-0.3, -0.25) is 0 Å². The molecule has 0 heterocycles. The summed E-state index contributed by atoms with van der Waals surface area (Å²) in [5, 5.41) is 0. The highest BCUT2D eigenvalue weighted by Crippen LogP contribution is 2.14. The molecule has 0 rings (SSSR count). The lowest BCUT2D eigenvalue weighted by Crippen LogP contribution is -2.49. The summed E-state index contributed by atoms with van der Waals surface area (Å²) in [5.41, 5.74) is 0. The zero-order valence-corrected chi connectivity index (χ0v) is 12.0. The maximum absolute atomic E-state index is 5.52. The highest BCUT2D eigenvalue weighted by molar-refractivity contribution is 6.52. The van der Waals surface area contributed by atoms with E-state index in [1.165, 1.54) is 0 Å². The molecule has 7 nitrogen and oxygen atoms in total.